The molecule has 2 heterocycles. The molecule has 1 aromatic carbocycles. The van der Waals surface area contributed by atoms with Crippen LogP contribution >= 0.6 is 11.6 Å². The van der Waals surface area contributed by atoms with Gasteiger partial charge in [-0.1, -0.05) is 23.7 Å². The van der Waals surface area contributed by atoms with Crippen molar-refractivity contribution >= 4 is 29.2 Å². The molecule has 1 aromatic heterocycles. The molecule has 0 bridgehead atoms. The van der Waals surface area contributed by atoms with Crippen molar-refractivity contribution in [2.45, 2.75) is 19.4 Å². The van der Waals surface area contributed by atoms with Crippen molar-refractivity contribution in [2.24, 2.45) is 0 Å². The molecule has 0 aliphatic carbocycles. The van der Waals surface area contributed by atoms with Crippen LogP contribution in [0.5, 0.6) is 0 Å². The summed E-state index contributed by atoms with van der Waals surface area (Å²) in [6.45, 7) is 4.08. The Morgan fingerprint density at radius 2 is 1.93 bits per heavy atom. The number of halogens is 2. The van der Waals surface area contributed by atoms with Crippen molar-refractivity contribution in [1.82, 2.24) is 15.2 Å². The average Bonchev–Trinajstić information content (AvgIpc) is 2.71. The number of aromatic nitrogens is 1. The number of carbonyl (C=O) groups excluding carboxylic acids is 2. The van der Waals surface area contributed by atoms with Crippen LogP contribution in [0.25, 0.3) is 0 Å². The lowest BCUT2D eigenvalue weighted by atomic mass is 10.1. The van der Waals surface area contributed by atoms with E-state index >= 15 is 0 Å². The van der Waals surface area contributed by atoms with Gasteiger partial charge in [-0.3, -0.25) is 9.59 Å². The minimum absolute atomic E-state index is 0.130. The van der Waals surface area contributed by atoms with Crippen molar-refractivity contribution in [1.29, 1.82) is 0 Å². The lowest BCUT2D eigenvalue weighted by Gasteiger charge is -2.36. The Morgan fingerprint density at radius 1 is 1.18 bits per heavy atom. The van der Waals surface area contributed by atoms with Crippen LogP contribution in [0, 0.1) is 5.82 Å². The number of rotatable bonds is 5. The lowest BCUT2D eigenvalue weighted by Crippen LogP contribution is -2.54. The number of hydrogen-bond donors (Lipinski definition) is 1. The first kappa shape index (κ1) is 20.1. The number of hydrogen-bond acceptors (Lipinski definition) is 4. The van der Waals surface area contributed by atoms with E-state index in [1.54, 1.807) is 18.0 Å². The smallest absolute Gasteiger partial charge is 0.244 e. The Labute approximate surface area is 168 Å². The predicted molar refractivity (Wildman–Crippen MR) is 106 cm³/mol. The zero-order valence-corrected chi connectivity index (χ0v) is 16.3. The minimum atomic E-state index is -0.695. The molecule has 1 fully saturated rings. The van der Waals surface area contributed by atoms with Crippen LogP contribution in [0.15, 0.2) is 42.6 Å². The third-order valence-electron chi connectivity index (χ3n) is 4.71. The van der Waals surface area contributed by atoms with Gasteiger partial charge in [0.1, 0.15) is 17.7 Å². The van der Waals surface area contributed by atoms with Gasteiger partial charge in [-0.05, 0) is 31.2 Å². The third-order valence-corrected chi connectivity index (χ3v) is 5.07. The molecule has 0 radical (unpaired) electrons. The van der Waals surface area contributed by atoms with Crippen LogP contribution in [0.4, 0.5) is 10.2 Å². The molecular formula is C20H22ClFN4O2. The Hall–Kier alpha value is -2.67. The van der Waals surface area contributed by atoms with Crippen LogP contribution in [-0.2, 0) is 16.0 Å². The van der Waals surface area contributed by atoms with E-state index in [0.29, 0.717) is 26.2 Å². The zero-order chi connectivity index (χ0) is 20.1. The predicted octanol–water partition coefficient (Wildman–Crippen LogP) is 2.27. The van der Waals surface area contributed by atoms with E-state index in [4.69, 9.17) is 11.6 Å². The summed E-state index contributed by atoms with van der Waals surface area (Å²) in [5.41, 5.74) is 0.130. The third kappa shape index (κ3) is 4.78. The second kappa shape index (κ2) is 9.01. The summed E-state index contributed by atoms with van der Waals surface area (Å²) in [6.07, 6.45) is 1.53. The van der Waals surface area contributed by atoms with E-state index in [1.165, 1.54) is 18.2 Å². The summed E-state index contributed by atoms with van der Waals surface area (Å²) >= 11 is 5.95. The van der Waals surface area contributed by atoms with Gasteiger partial charge in [-0.25, -0.2) is 9.37 Å². The monoisotopic (exact) mass is 404 g/mol. The van der Waals surface area contributed by atoms with E-state index in [-0.39, 0.29) is 22.9 Å². The fourth-order valence-corrected chi connectivity index (χ4v) is 3.42. The Balaban J connectivity index is 1.51. The highest BCUT2D eigenvalue weighted by Crippen LogP contribution is 2.19. The van der Waals surface area contributed by atoms with Crippen molar-refractivity contribution in [3.05, 3.63) is 59.0 Å². The van der Waals surface area contributed by atoms with E-state index in [1.807, 2.05) is 18.2 Å². The lowest BCUT2D eigenvalue weighted by molar-refractivity contribution is -0.136. The van der Waals surface area contributed by atoms with Crippen LogP contribution in [0.1, 0.15) is 12.5 Å². The molecule has 1 unspecified atom stereocenters. The van der Waals surface area contributed by atoms with Crippen LogP contribution < -0.4 is 10.2 Å². The standard InChI is InChI=1S/C20H22ClFN4O2/c1-14(24-19(27)13-15-16(21)5-4-6-17(15)22)20(28)26-11-9-25(10-12-26)18-7-2-3-8-23-18/h2-8,14H,9-13H2,1H3,(H,24,27). The van der Waals surface area contributed by atoms with Gasteiger partial charge >= 0.3 is 0 Å². The summed E-state index contributed by atoms with van der Waals surface area (Å²) in [6, 6.07) is 9.30. The topological polar surface area (TPSA) is 65.5 Å². The van der Waals surface area contributed by atoms with Gasteiger partial charge in [-0.2, -0.15) is 0 Å². The van der Waals surface area contributed by atoms with Crippen molar-refractivity contribution in [3.8, 4) is 0 Å². The first-order valence-electron chi connectivity index (χ1n) is 9.12. The molecule has 8 heteroatoms. The van der Waals surface area contributed by atoms with Gasteiger partial charge in [0.15, 0.2) is 0 Å². The van der Waals surface area contributed by atoms with Crippen LogP contribution in [0.3, 0.4) is 0 Å². The van der Waals surface area contributed by atoms with Gasteiger partial charge in [0.2, 0.25) is 11.8 Å². The van der Waals surface area contributed by atoms with Crippen molar-refractivity contribution < 1.29 is 14.0 Å². The summed E-state index contributed by atoms with van der Waals surface area (Å²) in [5.74, 6) is -0.251. The van der Waals surface area contributed by atoms with Gasteiger partial charge in [0.05, 0.1) is 6.42 Å². The maximum atomic E-state index is 13.8. The Kier molecular flexibility index (Phi) is 6.46. The Morgan fingerprint density at radius 3 is 2.57 bits per heavy atom. The first-order valence-corrected chi connectivity index (χ1v) is 9.50. The highest BCUT2D eigenvalue weighted by molar-refractivity contribution is 6.31. The molecule has 1 N–H and O–H groups in total. The van der Waals surface area contributed by atoms with E-state index < -0.39 is 17.8 Å². The molecule has 28 heavy (non-hydrogen) atoms. The largest absolute Gasteiger partial charge is 0.353 e. The molecule has 0 spiro atoms. The number of carbonyl (C=O) groups is 2. The average molecular weight is 405 g/mol. The number of nitrogens with one attached hydrogen (secondary N) is 1. The molecule has 1 aliphatic heterocycles. The quantitative estimate of drug-likeness (QED) is 0.830. The number of benzene rings is 1. The van der Waals surface area contributed by atoms with Crippen LogP contribution in [-0.4, -0.2) is 53.9 Å². The molecule has 1 atom stereocenters. The first-order chi connectivity index (χ1) is 13.5. The minimum Gasteiger partial charge on any atom is -0.353 e. The second-order valence-electron chi connectivity index (χ2n) is 6.67. The molecule has 0 saturated carbocycles. The number of piperazine rings is 1. The zero-order valence-electron chi connectivity index (χ0n) is 15.6. The van der Waals surface area contributed by atoms with Gasteiger partial charge < -0.3 is 15.1 Å². The molecule has 2 aromatic rings. The molecule has 6 nitrogen and oxygen atoms in total. The van der Waals surface area contributed by atoms with Gasteiger partial charge in [0.25, 0.3) is 0 Å². The second-order valence-corrected chi connectivity index (χ2v) is 7.07. The highest BCUT2D eigenvalue weighted by atomic mass is 35.5. The van der Waals surface area contributed by atoms with Gasteiger partial charge in [0, 0.05) is 43.0 Å². The summed E-state index contributed by atoms with van der Waals surface area (Å²) < 4.78 is 13.8. The van der Waals surface area contributed by atoms with Crippen LogP contribution in [0.2, 0.25) is 5.02 Å². The molecule has 3 rings (SSSR count). The fraction of sp³-hybridized carbons (Fsp3) is 0.350. The molecule has 2 amide bonds. The van der Waals surface area contributed by atoms with Gasteiger partial charge in [-0.15, -0.1) is 0 Å². The maximum Gasteiger partial charge on any atom is 0.244 e. The fourth-order valence-electron chi connectivity index (χ4n) is 3.19. The van der Waals surface area contributed by atoms with E-state index in [2.05, 4.69) is 15.2 Å². The Bertz CT molecular complexity index is 821. The summed E-state index contributed by atoms with van der Waals surface area (Å²) in [4.78, 5) is 33.0. The summed E-state index contributed by atoms with van der Waals surface area (Å²) in [7, 11) is 0. The van der Waals surface area contributed by atoms with Crippen molar-refractivity contribution in [2.75, 3.05) is 31.1 Å². The molecule has 148 valence electrons. The number of amides is 2. The molecule has 1 aliphatic rings. The van der Waals surface area contributed by atoms with E-state index in [9.17, 15) is 14.0 Å². The molecule has 1 saturated heterocycles. The SMILES string of the molecule is CC(NC(=O)Cc1c(F)cccc1Cl)C(=O)N1CCN(c2ccccn2)CC1. The highest BCUT2D eigenvalue weighted by Gasteiger charge is 2.26. The van der Waals surface area contributed by atoms with E-state index in [0.717, 1.165) is 5.82 Å². The number of nitrogens with zero attached hydrogens (tertiary/aromatic N) is 3. The number of anilines is 1. The maximum absolute atomic E-state index is 13.8. The normalized spacial score (nSPS) is 15.2. The number of pyridine rings is 1. The molecular weight excluding hydrogens is 383 g/mol. The summed E-state index contributed by atoms with van der Waals surface area (Å²) in [5, 5.41) is 2.84. The van der Waals surface area contributed by atoms with Crippen molar-refractivity contribution in [3.63, 3.8) is 0 Å².